The normalized spacial score (nSPS) is 12.4. The minimum Gasteiger partial charge on any atom is -0.308 e. The minimum absolute atomic E-state index is 0.0871. The van der Waals surface area contributed by atoms with Crippen molar-refractivity contribution in [1.29, 1.82) is 0 Å². The van der Waals surface area contributed by atoms with Crippen LogP contribution < -0.4 is 5.56 Å². The number of hydrogen-bond acceptors (Lipinski definition) is 4. The van der Waals surface area contributed by atoms with E-state index in [0.29, 0.717) is 12.3 Å². The lowest BCUT2D eigenvalue weighted by molar-refractivity contribution is -0.385. The Kier molecular flexibility index (Phi) is 5.87. The van der Waals surface area contributed by atoms with Crippen molar-refractivity contribution >= 4 is 34.2 Å². The first kappa shape index (κ1) is 15.2. The Labute approximate surface area is 119 Å². The standard InChI is InChI=1S/C11H15BrN2O3S/c1-2-3-8(7-18)5-13-6-9(14(16)17)4-10(12)11(13)15/h4,6,8,18H,2-3,5,7H2,1H3. The van der Waals surface area contributed by atoms with E-state index in [2.05, 4.69) is 35.5 Å². The van der Waals surface area contributed by atoms with Gasteiger partial charge in [0.25, 0.3) is 11.2 Å². The molecule has 1 aromatic rings. The third-order valence-corrected chi connectivity index (χ3v) is 3.73. The lowest BCUT2D eigenvalue weighted by Crippen LogP contribution is -2.25. The number of nitrogens with zero attached hydrogens (tertiary/aromatic N) is 2. The Hall–Kier alpha value is -0.820. The predicted octanol–water partition coefficient (Wildman–Crippen LogP) is 2.87. The summed E-state index contributed by atoms with van der Waals surface area (Å²) >= 11 is 7.30. The first-order chi connectivity index (χ1) is 8.49. The molecule has 0 saturated heterocycles. The third-order valence-electron chi connectivity index (χ3n) is 2.65. The van der Waals surface area contributed by atoms with Crippen LogP contribution >= 0.6 is 28.6 Å². The molecule has 1 atom stereocenters. The Bertz CT molecular complexity index is 490. The molecule has 1 unspecified atom stereocenters. The van der Waals surface area contributed by atoms with Crippen molar-refractivity contribution in [3.05, 3.63) is 37.2 Å². The number of thiol groups is 1. The second-order valence-electron chi connectivity index (χ2n) is 4.10. The van der Waals surface area contributed by atoms with E-state index in [4.69, 9.17) is 0 Å². The molecule has 0 aliphatic rings. The topological polar surface area (TPSA) is 65.1 Å². The average Bonchev–Trinajstić information content (AvgIpc) is 2.33. The summed E-state index contributed by atoms with van der Waals surface area (Å²) < 4.78 is 1.60. The van der Waals surface area contributed by atoms with Crippen molar-refractivity contribution in [2.24, 2.45) is 5.92 Å². The highest BCUT2D eigenvalue weighted by Gasteiger charge is 2.15. The molecular weight excluding hydrogens is 320 g/mol. The highest BCUT2D eigenvalue weighted by Crippen LogP contribution is 2.16. The van der Waals surface area contributed by atoms with Crippen LogP contribution in [0.1, 0.15) is 19.8 Å². The van der Waals surface area contributed by atoms with Gasteiger partial charge in [-0.2, -0.15) is 12.6 Å². The molecule has 0 radical (unpaired) electrons. The lowest BCUT2D eigenvalue weighted by atomic mass is 10.1. The molecule has 0 aliphatic heterocycles. The number of hydrogen-bond donors (Lipinski definition) is 1. The van der Waals surface area contributed by atoms with Gasteiger partial charge in [0.05, 0.1) is 15.6 Å². The van der Waals surface area contributed by atoms with E-state index < -0.39 is 4.92 Å². The monoisotopic (exact) mass is 334 g/mol. The van der Waals surface area contributed by atoms with Gasteiger partial charge in [0.1, 0.15) is 0 Å². The van der Waals surface area contributed by atoms with Gasteiger partial charge in [-0.05, 0) is 34.0 Å². The molecule has 5 nitrogen and oxygen atoms in total. The van der Waals surface area contributed by atoms with Crippen molar-refractivity contribution in [3.63, 3.8) is 0 Å². The summed E-state index contributed by atoms with van der Waals surface area (Å²) in [7, 11) is 0. The largest absolute Gasteiger partial charge is 0.308 e. The summed E-state index contributed by atoms with van der Waals surface area (Å²) in [5.74, 6) is 0.894. The van der Waals surface area contributed by atoms with Gasteiger partial charge < -0.3 is 4.57 Å². The number of rotatable bonds is 6. The molecule has 0 bridgehead atoms. The molecule has 0 aliphatic carbocycles. The number of pyridine rings is 1. The molecule has 0 saturated carbocycles. The van der Waals surface area contributed by atoms with Crippen molar-refractivity contribution in [2.75, 3.05) is 5.75 Å². The molecule has 7 heteroatoms. The van der Waals surface area contributed by atoms with E-state index in [0.717, 1.165) is 12.8 Å². The summed E-state index contributed by atoms with van der Waals surface area (Å²) in [6.07, 6.45) is 3.23. The molecule has 0 spiro atoms. The Morgan fingerprint density at radius 2 is 2.28 bits per heavy atom. The molecule has 0 aromatic carbocycles. The van der Waals surface area contributed by atoms with Crippen LogP contribution in [0.5, 0.6) is 0 Å². The number of halogens is 1. The van der Waals surface area contributed by atoms with Gasteiger partial charge in [0, 0.05) is 12.6 Å². The second-order valence-corrected chi connectivity index (χ2v) is 5.32. The van der Waals surface area contributed by atoms with Crippen LogP contribution in [-0.2, 0) is 6.54 Å². The molecule has 100 valence electrons. The van der Waals surface area contributed by atoms with Gasteiger partial charge >= 0.3 is 0 Å². The Morgan fingerprint density at radius 1 is 1.61 bits per heavy atom. The maximum absolute atomic E-state index is 11.9. The van der Waals surface area contributed by atoms with Crippen molar-refractivity contribution in [1.82, 2.24) is 4.57 Å². The smallest absolute Gasteiger partial charge is 0.286 e. The molecular formula is C11H15BrN2O3S. The maximum Gasteiger partial charge on any atom is 0.286 e. The fourth-order valence-corrected chi connectivity index (χ4v) is 2.51. The zero-order valence-electron chi connectivity index (χ0n) is 10.0. The van der Waals surface area contributed by atoms with Gasteiger partial charge in [-0.25, -0.2) is 0 Å². The molecule has 0 fully saturated rings. The number of nitro groups is 1. The van der Waals surface area contributed by atoms with E-state index in [1.54, 1.807) is 0 Å². The molecule has 1 aromatic heterocycles. The van der Waals surface area contributed by atoms with Gasteiger partial charge in [-0.3, -0.25) is 14.9 Å². The summed E-state index contributed by atoms with van der Waals surface area (Å²) in [6.45, 7) is 2.51. The fourth-order valence-electron chi connectivity index (χ4n) is 1.75. The fraction of sp³-hybridized carbons (Fsp3) is 0.545. The Morgan fingerprint density at radius 3 is 2.78 bits per heavy atom. The van der Waals surface area contributed by atoms with Crippen LogP contribution in [0.25, 0.3) is 0 Å². The van der Waals surface area contributed by atoms with Crippen LogP contribution in [0.2, 0.25) is 0 Å². The van der Waals surface area contributed by atoms with Crippen molar-refractivity contribution in [2.45, 2.75) is 26.3 Å². The van der Waals surface area contributed by atoms with Crippen LogP contribution in [0.3, 0.4) is 0 Å². The first-order valence-corrected chi connectivity index (χ1v) is 7.07. The van der Waals surface area contributed by atoms with Crippen molar-refractivity contribution < 1.29 is 4.92 Å². The van der Waals surface area contributed by atoms with E-state index in [1.807, 2.05) is 0 Å². The van der Waals surface area contributed by atoms with Gasteiger partial charge in [-0.1, -0.05) is 13.3 Å². The zero-order chi connectivity index (χ0) is 13.7. The van der Waals surface area contributed by atoms with Crippen LogP contribution in [-0.4, -0.2) is 15.2 Å². The molecule has 1 rings (SSSR count). The average molecular weight is 335 g/mol. The summed E-state index contributed by atoms with van der Waals surface area (Å²) in [5, 5.41) is 10.8. The molecule has 0 N–H and O–H groups in total. The molecule has 1 heterocycles. The minimum atomic E-state index is -0.504. The van der Waals surface area contributed by atoms with E-state index in [-0.39, 0.29) is 21.6 Å². The molecule has 18 heavy (non-hydrogen) atoms. The van der Waals surface area contributed by atoms with E-state index in [1.165, 1.54) is 16.8 Å². The third kappa shape index (κ3) is 3.84. The predicted molar refractivity (Wildman–Crippen MR) is 77.3 cm³/mol. The Balaban J connectivity index is 3.07. The maximum atomic E-state index is 11.9. The first-order valence-electron chi connectivity index (χ1n) is 5.64. The van der Waals surface area contributed by atoms with Crippen LogP contribution in [0.4, 0.5) is 5.69 Å². The van der Waals surface area contributed by atoms with Gasteiger partial charge in [0.15, 0.2) is 0 Å². The second kappa shape index (κ2) is 6.94. The zero-order valence-corrected chi connectivity index (χ0v) is 12.5. The quantitative estimate of drug-likeness (QED) is 0.494. The van der Waals surface area contributed by atoms with Crippen molar-refractivity contribution in [3.8, 4) is 0 Å². The highest BCUT2D eigenvalue weighted by molar-refractivity contribution is 9.10. The van der Waals surface area contributed by atoms with E-state index >= 15 is 0 Å². The SMILES string of the molecule is CCCC(CS)Cn1cc([N+](=O)[O-])cc(Br)c1=O. The van der Waals surface area contributed by atoms with Gasteiger partial charge in [-0.15, -0.1) is 0 Å². The van der Waals surface area contributed by atoms with Crippen LogP contribution in [0, 0.1) is 16.0 Å². The summed E-state index contributed by atoms with van der Waals surface area (Å²) in [4.78, 5) is 22.1. The number of aromatic nitrogens is 1. The molecule has 0 amide bonds. The van der Waals surface area contributed by atoms with E-state index in [9.17, 15) is 14.9 Å². The lowest BCUT2D eigenvalue weighted by Gasteiger charge is -2.15. The summed E-state index contributed by atoms with van der Waals surface area (Å²) in [5.41, 5.74) is -0.334. The van der Waals surface area contributed by atoms with Crippen LogP contribution in [0.15, 0.2) is 21.5 Å². The van der Waals surface area contributed by atoms with Gasteiger partial charge in [0.2, 0.25) is 0 Å². The summed E-state index contributed by atoms with van der Waals surface area (Å²) in [6, 6.07) is 1.23. The highest BCUT2D eigenvalue weighted by atomic mass is 79.9.